The van der Waals surface area contributed by atoms with Gasteiger partial charge in [-0.1, -0.05) is 38.0 Å². The maximum absolute atomic E-state index is 5.58. The van der Waals surface area contributed by atoms with Crippen molar-refractivity contribution >= 4 is 0 Å². The molecule has 15 heavy (non-hydrogen) atoms. The van der Waals surface area contributed by atoms with Gasteiger partial charge in [0.1, 0.15) is 5.60 Å². The number of rotatable bonds is 6. The second-order valence-corrected chi connectivity index (χ2v) is 4.85. The Morgan fingerprint density at radius 2 is 2.07 bits per heavy atom. The second-order valence-electron chi connectivity index (χ2n) is 4.85. The smallest absolute Gasteiger partial charge is 0.132 e. The molecule has 0 fully saturated rings. The number of hydrogen-bond donors (Lipinski definition) is 0. The van der Waals surface area contributed by atoms with Crippen molar-refractivity contribution in [2.24, 2.45) is 5.41 Å². The first kappa shape index (κ1) is 14.0. The van der Waals surface area contributed by atoms with Gasteiger partial charge in [0.15, 0.2) is 0 Å². The van der Waals surface area contributed by atoms with Gasteiger partial charge in [-0.15, -0.1) is 13.0 Å². The van der Waals surface area contributed by atoms with E-state index in [0.717, 1.165) is 12.0 Å². The summed E-state index contributed by atoms with van der Waals surface area (Å²) in [4.78, 5) is 0. The largest absolute Gasteiger partial charge is 0.365 e. The predicted octanol–water partition coefficient (Wildman–Crippen LogP) is 3.57. The van der Waals surface area contributed by atoms with Gasteiger partial charge in [-0.05, 0) is 18.8 Å². The lowest BCUT2D eigenvalue weighted by molar-refractivity contribution is 0.0136. The van der Waals surface area contributed by atoms with Crippen molar-refractivity contribution in [1.82, 2.24) is 0 Å². The van der Waals surface area contributed by atoms with Gasteiger partial charge in [0.2, 0.25) is 0 Å². The molecule has 1 nitrogen and oxygen atoms in total. The molecule has 1 heteroatoms. The van der Waals surface area contributed by atoms with E-state index in [1.54, 1.807) is 7.11 Å². The molecule has 0 radical (unpaired) electrons. The molecule has 84 valence electrons. The molecule has 0 aliphatic rings. The van der Waals surface area contributed by atoms with Crippen LogP contribution in [-0.4, -0.2) is 12.7 Å². The SMILES string of the molecule is C#CC(CC(=C)C)(CC(C)(C)C=C)OC. The van der Waals surface area contributed by atoms with Crippen molar-refractivity contribution in [3.05, 3.63) is 24.8 Å². The lowest BCUT2D eigenvalue weighted by Crippen LogP contribution is -2.35. The lowest BCUT2D eigenvalue weighted by Gasteiger charge is -2.34. The molecule has 0 aromatic rings. The Morgan fingerprint density at radius 1 is 1.53 bits per heavy atom. The highest BCUT2D eigenvalue weighted by Crippen LogP contribution is 2.34. The summed E-state index contributed by atoms with van der Waals surface area (Å²) in [6.45, 7) is 13.9. The monoisotopic (exact) mass is 206 g/mol. The molecule has 0 amide bonds. The minimum atomic E-state index is -0.552. The normalized spacial score (nSPS) is 15.1. The molecule has 0 bridgehead atoms. The average Bonchev–Trinajstić information content (AvgIpc) is 2.15. The molecule has 0 saturated heterocycles. The van der Waals surface area contributed by atoms with Gasteiger partial charge >= 0.3 is 0 Å². The van der Waals surface area contributed by atoms with E-state index in [-0.39, 0.29) is 5.41 Å². The van der Waals surface area contributed by atoms with Crippen LogP contribution in [0.2, 0.25) is 0 Å². The molecule has 0 heterocycles. The number of allylic oxidation sites excluding steroid dienone is 1. The zero-order valence-corrected chi connectivity index (χ0v) is 10.4. The highest BCUT2D eigenvalue weighted by molar-refractivity contribution is 5.17. The highest BCUT2D eigenvalue weighted by atomic mass is 16.5. The van der Waals surface area contributed by atoms with Crippen LogP contribution in [0.15, 0.2) is 24.8 Å². The Hall–Kier alpha value is -1.00. The summed E-state index contributed by atoms with van der Waals surface area (Å²) in [5.41, 5.74) is 0.455. The second kappa shape index (κ2) is 5.19. The molecule has 0 aliphatic heterocycles. The fourth-order valence-electron chi connectivity index (χ4n) is 1.66. The van der Waals surface area contributed by atoms with Gasteiger partial charge in [0.05, 0.1) is 0 Å². The number of hydrogen-bond acceptors (Lipinski definition) is 1. The first-order valence-corrected chi connectivity index (χ1v) is 5.12. The van der Waals surface area contributed by atoms with Crippen LogP contribution >= 0.6 is 0 Å². The minimum Gasteiger partial charge on any atom is -0.365 e. The Kier molecular flexibility index (Phi) is 4.84. The van der Waals surface area contributed by atoms with E-state index in [4.69, 9.17) is 11.2 Å². The Labute approximate surface area is 94.2 Å². The molecule has 0 rings (SSSR count). The van der Waals surface area contributed by atoms with Crippen molar-refractivity contribution in [1.29, 1.82) is 0 Å². The van der Waals surface area contributed by atoms with Gasteiger partial charge < -0.3 is 4.74 Å². The molecule has 0 saturated carbocycles. The van der Waals surface area contributed by atoms with Crippen LogP contribution in [0.1, 0.15) is 33.6 Å². The van der Waals surface area contributed by atoms with E-state index in [9.17, 15) is 0 Å². The topological polar surface area (TPSA) is 9.23 Å². The predicted molar refractivity (Wildman–Crippen MR) is 66.6 cm³/mol. The Balaban J connectivity index is 4.89. The first-order chi connectivity index (χ1) is 6.81. The number of methoxy groups -OCH3 is 1. The maximum Gasteiger partial charge on any atom is 0.132 e. The standard InChI is InChI=1S/C14H22O/c1-8-13(5,6)11-14(9-2,15-7)10-12(3)4/h2,8H,1,3,10-11H2,4-7H3. The van der Waals surface area contributed by atoms with Crippen LogP contribution < -0.4 is 0 Å². The average molecular weight is 206 g/mol. The quantitative estimate of drug-likeness (QED) is 0.477. The fourth-order valence-corrected chi connectivity index (χ4v) is 1.66. The summed E-state index contributed by atoms with van der Waals surface area (Å²) >= 11 is 0. The molecule has 1 atom stereocenters. The van der Waals surface area contributed by atoms with Crippen molar-refractivity contribution in [3.63, 3.8) is 0 Å². The van der Waals surface area contributed by atoms with Crippen molar-refractivity contribution in [2.75, 3.05) is 7.11 Å². The van der Waals surface area contributed by atoms with Crippen LogP contribution in [0, 0.1) is 17.8 Å². The third kappa shape index (κ3) is 4.36. The molecule has 0 aromatic carbocycles. The van der Waals surface area contributed by atoms with Crippen molar-refractivity contribution in [2.45, 2.75) is 39.2 Å². The Morgan fingerprint density at radius 3 is 2.33 bits per heavy atom. The van der Waals surface area contributed by atoms with E-state index in [2.05, 4.69) is 32.9 Å². The van der Waals surface area contributed by atoms with E-state index < -0.39 is 5.60 Å². The van der Waals surface area contributed by atoms with Crippen LogP contribution in [0.25, 0.3) is 0 Å². The van der Waals surface area contributed by atoms with Crippen molar-refractivity contribution in [3.8, 4) is 12.3 Å². The molecular formula is C14H22O. The first-order valence-electron chi connectivity index (χ1n) is 5.12. The van der Waals surface area contributed by atoms with Crippen LogP contribution in [-0.2, 0) is 4.74 Å². The zero-order chi connectivity index (χ0) is 12.1. The summed E-state index contributed by atoms with van der Waals surface area (Å²) in [6.07, 6.45) is 8.94. The fraction of sp³-hybridized carbons (Fsp3) is 0.571. The zero-order valence-electron chi connectivity index (χ0n) is 10.4. The molecule has 1 unspecified atom stereocenters. The highest BCUT2D eigenvalue weighted by Gasteiger charge is 2.33. The lowest BCUT2D eigenvalue weighted by atomic mass is 9.78. The van der Waals surface area contributed by atoms with E-state index in [1.807, 2.05) is 13.0 Å². The maximum atomic E-state index is 5.58. The molecule has 0 aromatic heterocycles. The van der Waals surface area contributed by atoms with Gasteiger partial charge in [0.25, 0.3) is 0 Å². The van der Waals surface area contributed by atoms with E-state index in [0.29, 0.717) is 6.42 Å². The van der Waals surface area contributed by atoms with Crippen LogP contribution in [0.3, 0.4) is 0 Å². The molecule has 0 N–H and O–H groups in total. The van der Waals surface area contributed by atoms with Gasteiger partial charge in [0, 0.05) is 13.5 Å². The van der Waals surface area contributed by atoms with Gasteiger partial charge in [-0.25, -0.2) is 0 Å². The van der Waals surface area contributed by atoms with Crippen LogP contribution in [0.5, 0.6) is 0 Å². The number of terminal acetylenes is 1. The molecule has 0 aliphatic carbocycles. The van der Waals surface area contributed by atoms with E-state index in [1.165, 1.54) is 0 Å². The summed E-state index contributed by atoms with van der Waals surface area (Å²) in [5, 5.41) is 0. The van der Waals surface area contributed by atoms with Gasteiger partial charge in [-0.3, -0.25) is 0 Å². The van der Waals surface area contributed by atoms with Gasteiger partial charge in [-0.2, -0.15) is 0 Å². The summed E-state index contributed by atoms with van der Waals surface area (Å²) in [7, 11) is 1.65. The molecule has 0 spiro atoms. The third-order valence-corrected chi connectivity index (χ3v) is 2.53. The summed E-state index contributed by atoms with van der Waals surface area (Å²) in [6, 6.07) is 0. The van der Waals surface area contributed by atoms with Crippen molar-refractivity contribution < 1.29 is 4.74 Å². The number of ether oxygens (including phenoxy) is 1. The van der Waals surface area contributed by atoms with E-state index >= 15 is 0 Å². The third-order valence-electron chi connectivity index (χ3n) is 2.53. The van der Waals surface area contributed by atoms with Crippen LogP contribution in [0.4, 0.5) is 0 Å². The summed E-state index contributed by atoms with van der Waals surface area (Å²) in [5.74, 6) is 2.76. The summed E-state index contributed by atoms with van der Waals surface area (Å²) < 4.78 is 5.49. The minimum absolute atomic E-state index is 0.0299. The Bertz CT molecular complexity index is 280. The molecular weight excluding hydrogens is 184 g/mol.